The third-order valence-corrected chi connectivity index (χ3v) is 3.27. The van der Waals surface area contributed by atoms with Crippen LogP contribution in [0.3, 0.4) is 0 Å². The first-order valence-electron chi connectivity index (χ1n) is 6.35. The van der Waals surface area contributed by atoms with E-state index in [9.17, 15) is 5.11 Å². The molecule has 0 spiro atoms. The normalized spacial score (nSPS) is 18.2. The summed E-state index contributed by atoms with van der Waals surface area (Å²) >= 11 is 0. The lowest BCUT2D eigenvalue weighted by molar-refractivity contribution is 0.134. The van der Waals surface area contributed by atoms with Gasteiger partial charge in [0.05, 0.1) is 12.2 Å². The molecular weight excluding hydrogens is 216 g/mol. The minimum absolute atomic E-state index is 0.00148. The Kier molecular flexibility index (Phi) is 4.40. The van der Waals surface area contributed by atoms with Crippen LogP contribution in [0.1, 0.15) is 43.8 Å². The topological polar surface area (TPSA) is 49.7 Å². The summed E-state index contributed by atoms with van der Waals surface area (Å²) in [7, 11) is 0. The quantitative estimate of drug-likeness (QED) is 0.825. The van der Waals surface area contributed by atoms with Gasteiger partial charge < -0.3 is 14.9 Å². The van der Waals surface area contributed by atoms with Gasteiger partial charge in [-0.15, -0.1) is 0 Å². The molecule has 94 valence electrons. The molecule has 0 amide bonds. The van der Waals surface area contributed by atoms with E-state index >= 15 is 0 Å². The lowest BCUT2D eigenvalue weighted by atomic mass is 10.1. The molecule has 0 saturated heterocycles. The van der Waals surface area contributed by atoms with Crippen molar-refractivity contribution >= 4 is 0 Å². The maximum absolute atomic E-state index is 9.69. The first-order valence-corrected chi connectivity index (χ1v) is 6.35. The van der Waals surface area contributed by atoms with Crippen molar-refractivity contribution in [1.29, 1.82) is 0 Å². The number of ether oxygens (including phenoxy) is 1. The van der Waals surface area contributed by atoms with Crippen LogP contribution in [0.25, 0.3) is 0 Å². The summed E-state index contributed by atoms with van der Waals surface area (Å²) in [5.74, 6) is 0.872. The Balaban J connectivity index is 1.92. The first kappa shape index (κ1) is 12.4. The largest absolute Gasteiger partial charge is 0.490 e. The Labute approximate surface area is 102 Å². The number of benzene rings is 1. The van der Waals surface area contributed by atoms with Crippen LogP contribution in [0, 0.1) is 0 Å². The average molecular weight is 236 g/mol. The maximum Gasteiger partial charge on any atom is 0.119 e. The average Bonchev–Trinajstić information content (AvgIpc) is 2.83. The molecular formula is C14H20O3. The molecule has 2 rings (SSSR count). The molecule has 1 aromatic carbocycles. The zero-order valence-electron chi connectivity index (χ0n) is 10.0. The van der Waals surface area contributed by atoms with Gasteiger partial charge in [0.1, 0.15) is 5.75 Å². The van der Waals surface area contributed by atoms with Gasteiger partial charge in [-0.3, -0.25) is 0 Å². The molecule has 1 aliphatic carbocycles. The third kappa shape index (κ3) is 3.45. The molecule has 1 aliphatic rings. The second kappa shape index (κ2) is 6.03. The minimum atomic E-state index is -0.583. The summed E-state index contributed by atoms with van der Waals surface area (Å²) in [4.78, 5) is 0. The van der Waals surface area contributed by atoms with Crippen molar-refractivity contribution in [3.05, 3.63) is 29.8 Å². The van der Waals surface area contributed by atoms with Gasteiger partial charge >= 0.3 is 0 Å². The second-order valence-corrected chi connectivity index (χ2v) is 4.62. The van der Waals surface area contributed by atoms with E-state index in [0.717, 1.165) is 24.2 Å². The Hall–Kier alpha value is -1.06. The van der Waals surface area contributed by atoms with Gasteiger partial charge in [-0.1, -0.05) is 12.1 Å². The Bertz CT molecular complexity index is 328. The summed E-state index contributed by atoms with van der Waals surface area (Å²) in [5, 5.41) is 18.5. The van der Waals surface area contributed by atoms with Crippen molar-refractivity contribution in [2.45, 2.75) is 44.3 Å². The number of hydrogen-bond donors (Lipinski definition) is 2. The van der Waals surface area contributed by atoms with Crippen LogP contribution in [0.2, 0.25) is 0 Å². The molecule has 3 nitrogen and oxygen atoms in total. The fourth-order valence-corrected chi connectivity index (χ4v) is 2.26. The van der Waals surface area contributed by atoms with Crippen molar-refractivity contribution in [2.75, 3.05) is 6.61 Å². The monoisotopic (exact) mass is 236 g/mol. The summed E-state index contributed by atoms with van der Waals surface area (Å²) in [6.07, 6.45) is 4.98. The van der Waals surface area contributed by atoms with E-state index in [-0.39, 0.29) is 6.61 Å². The van der Waals surface area contributed by atoms with Crippen molar-refractivity contribution in [3.8, 4) is 5.75 Å². The molecule has 2 N–H and O–H groups in total. The van der Waals surface area contributed by atoms with Crippen LogP contribution in [0.5, 0.6) is 5.75 Å². The summed E-state index contributed by atoms with van der Waals surface area (Å²) < 4.78 is 5.84. The highest BCUT2D eigenvalue weighted by Gasteiger charge is 2.16. The SMILES string of the molecule is OCCC(O)c1ccc(OC2CCCC2)cc1. The highest BCUT2D eigenvalue weighted by Crippen LogP contribution is 2.25. The molecule has 0 aliphatic heterocycles. The molecule has 1 aromatic rings. The van der Waals surface area contributed by atoms with Crippen LogP contribution in [0.4, 0.5) is 0 Å². The fraction of sp³-hybridized carbons (Fsp3) is 0.571. The van der Waals surface area contributed by atoms with Crippen LogP contribution in [0.15, 0.2) is 24.3 Å². The Morgan fingerprint density at radius 1 is 1.18 bits per heavy atom. The Morgan fingerprint density at radius 3 is 2.41 bits per heavy atom. The lowest BCUT2D eigenvalue weighted by Gasteiger charge is -2.14. The highest BCUT2D eigenvalue weighted by atomic mass is 16.5. The lowest BCUT2D eigenvalue weighted by Crippen LogP contribution is -2.10. The second-order valence-electron chi connectivity index (χ2n) is 4.62. The highest BCUT2D eigenvalue weighted by molar-refractivity contribution is 5.28. The Morgan fingerprint density at radius 2 is 1.82 bits per heavy atom. The molecule has 0 bridgehead atoms. The van der Waals surface area contributed by atoms with Crippen molar-refractivity contribution in [2.24, 2.45) is 0 Å². The number of aliphatic hydroxyl groups excluding tert-OH is 2. The standard InChI is InChI=1S/C14H20O3/c15-10-9-14(16)11-5-7-13(8-6-11)17-12-3-1-2-4-12/h5-8,12,14-16H,1-4,9-10H2. The van der Waals surface area contributed by atoms with Crippen molar-refractivity contribution in [3.63, 3.8) is 0 Å². The number of hydrogen-bond acceptors (Lipinski definition) is 3. The summed E-state index contributed by atoms with van der Waals surface area (Å²) in [6.45, 7) is 0.00148. The van der Waals surface area contributed by atoms with Crippen molar-refractivity contribution in [1.82, 2.24) is 0 Å². The van der Waals surface area contributed by atoms with Gasteiger partial charge in [-0.25, -0.2) is 0 Å². The zero-order chi connectivity index (χ0) is 12.1. The molecule has 1 unspecified atom stereocenters. The van der Waals surface area contributed by atoms with E-state index in [1.807, 2.05) is 24.3 Å². The fourth-order valence-electron chi connectivity index (χ4n) is 2.26. The third-order valence-electron chi connectivity index (χ3n) is 3.27. The van der Waals surface area contributed by atoms with Crippen LogP contribution in [-0.4, -0.2) is 22.9 Å². The molecule has 1 fully saturated rings. The maximum atomic E-state index is 9.69. The molecule has 0 aromatic heterocycles. The van der Waals surface area contributed by atoms with Gasteiger partial charge in [0.25, 0.3) is 0 Å². The molecule has 1 saturated carbocycles. The van der Waals surface area contributed by atoms with E-state index in [4.69, 9.17) is 9.84 Å². The van der Waals surface area contributed by atoms with Crippen LogP contribution >= 0.6 is 0 Å². The van der Waals surface area contributed by atoms with Crippen LogP contribution < -0.4 is 4.74 Å². The van der Waals surface area contributed by atoms with Crippen molar-refractivity contribution < 1.29 is 14.9 Å². The van der Waals surface area contributed by atoms with Gasteiger partial charge in [-0.05, 0) is 43.4 Å². The van der Waals surface area contributed by atoms with E-state index < -0.39 is 6.10 Å². The van der Waals surface area contributed by atoms with Crippen LogP contribution in [-0.2, 0) is 0 Å². The summed E-state index contributed by atoms with van der Waals surface area (Å²) in [5.41, 5.74) is 0.831. The smallest absolute Gasteiger partial charge is 0.119 e. The molecule has 1 atom stereocenters. The van der Waals surface area contributed by atoms with Gasteiger partial charge in [0.15, 0.2) is 0 Å². The van der Waals surface area contributed by atoms with E-state index in [1.54, 1.807) is 0 Å². The van der Waals surface area contributed by atoms with Gasteiger partial charge in [0, 0.05) is 13.0 Å². The molecule has 0 heterocycles. The van der Waals surface area contributed by atoms with E-state index in [1.165, 1.54) is 12.8 Å². The predicted octanol–water partition coefficient (Wildman–Crippen LogP) is 2.42. The summed E-state index contributed by atoms with van der Waals surface area (Å²) in [6, 6.07) is 7.53. The van der Waals surface area contributed by atoms with Gasteiger partial charge in [-0.2, -0.15) is 0 Å². The number of rotatable bonds is 5. The van der Waals surface area contributed by atoms with E-state index in [2.05, 4.69) is 0 Å². The number of aliphatic hydroxyl groups is 2. The minimum Gasteiger partial charge on any atom is -0.490 e. The zero-order valence-corrected chi connectivity index (χ0v) is 10.0. The molecule has 17 heavy (non-hydrogen) atoms. The first-order chi connectivity index (χ1) is 8.29. The van der Waals surface area contributed by atoms with E-state index in [0.29, 0.717) is 12.5 Å². The molecule has 0 radical (unpaired) electrons. The predicted molar refractivity (Wildman–Crippen MR) is 66.0 cm³/mol. The van der Waals surface area contributed by atoms with Gasteiger partial charge in [0.2, 0.25) is 0 Å². The molecule has 3 heteroatoms.